The van der Waals surface area contributed by atoms with Gasteiger partial charge in [-0.05, 0) is 90.6 Å². The van der Waals surface area contributed by atoms with Gasteiger partial charge in [0.15, 0.2) is 11.6 Å². The molecule has 2 N–H and O–H groups in total. The summed E-state index contributed by atoms with van der Waals surface area (Å²) in [4.78, 5) is 28.7. The lowest BCUT2D eigenvalue weighted by molar-refractivity contribution is -0.0299. The summed E-state index contributed by atoms with van der Waals surface area (Å²) in [5, 5.41) is 10.3. The molecule has 1 spiro atoms. The van der Waals surface area contributed by atoms with E-state index in [0.29, 0.717) is 31.0 Å². The summed E-state index contributed by atoms with van der Waals surface area (Å²) >= 11 is 0. The molecule has 1 amide bonds. The maximum atomic E-state index is 14.5. The number of carbonyl (C=O) groups is 1. The van der Waals surface area contributed by atoms with Gasteiger partial charge in [0.25, 0.3) is 5.91 Å². The number of sulfonamides is 1. The van der Waals surface area contributed by atoms with Crippen molar-refractivity contribution in [2.75, 3.05) is 50.0 Å². The van der Waals surface area contributed by atoms with Crippen molar-refractivity contribution in [3.05, 3.63) is 42.1 Å². The fourth-order valence-electron chi connectivity index (χ4n) is 7.30. The van der Waals surface area contributed by atoms with E-state index in [1.165, 1.54) is 24.5 Å². The second kappa shape index (κ2) is 13.9. The van der Waals surface area contributed by atoms with Crippen LogP contribution >= 0.6 is 0 Å². The van der Waals surface area contributed by atoms with Crippen LogP contribution in [0.2, 0.25) is 0 Å². The van der Waals surface area contributed by atoms with Crippen LogP contribution in [0.1, 0.15) is 69.7 Å². The number of hydrogen-bond donors (Lipinski definition) is 2. The number of benzene rings is 1. The van der Waals surface area contributed by atoms with Gasteiger partial charge in [0, 0.05) is 37.1 Å². The Morgan fingerprint density at radius 2 is 1.96 bits per heavy atom. The Bertz CT molecular complexity index is 1520. The number of nitrogens with zero attached hydrogens (tertiary/aromatic N) is 5. The number of aliphatic hydroxyl groups is 1. The van der Waals surface area contributed by atoms with Gasteiger partial charge in [0.1, 0.15) is 17.9 Å². The molecule has 14 heteroatoms. The number of amides is 1. The first-order valence-corrected chi connectivity index (χ1v) is 18.5. The highest BCUT2D eigenvalue weighted by Crippen LogP contribution is 2.45. The topological polar surface area (TPSA) is 137 Å². The number of aliphatic hydroxyl groups excluding tert-OH is 1. The molecule has 258 valence electrons. The number of aromatic nitrogens is 2. The number of hydrogen-bond acceptors (Lipinski definition) is 10. The van der Waals surface area contributed by atoms with E-state index in [2.05, 4.69) is 24.5 Å². The summed E-state index contributed by atoms with van der Waals surface area (Å²) in [5.41, 5.74) is 0.272. The molecule has 3 aliphatic heterocycles. The molecule has 0 unspecified atom stereocenters. The van der Waals surface area contributed by atoms with Gasteiger partial charge in [0.2, 0.25) is 10.0 Å². The lowest BCUT2D eigenvalue weighted by atomic mass is 9.72. The lowest BCUT2D eigenvalue weighted by Gasteiger charge is -2.54. The minimum Gasteiger partial charge on any atom is -0.451 e. The molecule has 1 aliphatic carbocycles. The molecule has 0 radical (unpaired) electrons. The van der Waals surface area contributed by atoms with Gasteiger partial charge in [-0.3, -0.25) is 4.79 Å². The summed E-state index contributed by atoms with van der Waals surface area (Å²) < 4.78 is 53.3. The normalized spacial score (nSPS) is 26.1. The number of carbonyl (C=O) groups excluding carboxylic acids is 1. The summed E-state index contributed by atoms with van der Waals surface area (Å²) in [5.74, 6) is 0.397. The number of likely N-dealkylation sites (tertiary alicyclic amines) is 1. The standard InChI is InChI=1S/C33H47FN6O6S/c1-4-47(43,44)37-24-6-7-25(45-18-24)17-38-13-11-33(12-14-38)19-39(20-33)31-30(16-35-21-36-31)46-29-10-5-23(34)15-26(29)32(42)40(22(2)3)27-8-9-28(27)41/h5,10,15-16,21-22,24-25,27-28,37,41H,4,6-9,11-14,17-20H2,1-3H3/t24-,25+,27-,28-/m1/s1. The number of rotatable bonds is 11. The molecular formula is C33H47FN6O6S. The van der Waals surface area contributed by atoms with Crippen LogP contribution < -0.4 is 14.4 Å². The second-order valence-electron chi connectivity index (χ2n) is 13.9. The molecule has 12 nitrogen and oxygen atoms in total. The van der Waals surface area contributed by atoms with Crippen molar-refractivity contribution in [2.24, 2.45) is 5.41 Å². The highest BCUT2D eigenvalue weighted by atomic mass is 32.2. The van der Waals surface area contributed by atoms with E-state index >= 15 is 0 Å². The molecule has 47 heavy (non-hydrogen) atoms. The van der Waals surface area contributed by atoms with E-state index < -0.39 is 21.9 Å². The zero-order valence-corrected chi connectivity index (χ0v) is 28.3. The first-order valence-electron chi connectivity index (χ1n) is 16.8. The average Bonchev–Trinajstić information content (AvgIpc) is 3.03. The molecule has 3 saturated heterocycles. The van der Waals surface area contributed by atoms with Crippen molar-refractivity contribution in [2.45, 2.75) is 89.6 Å². The van der Waals surface area contributed by atoms with Crippen LogP contribution in [0.4, 0.5) is 10.2 Å². The van der Waals surface area contributed by atoms with Gasteiger partial charge in [-0.15, -0.1) is 0 Å². The van der Waals surface area contributed by atoms with Crippen molar-refractivity contribution >= 4 is 21.7 Å². The first-order chi connectivity index (χ1) is 22.5. The Kier molecular flexibility index (Phi) is 10.1. The Morgan fingerprint density at radius 3 is 2.57 bits per heavy atom. The molecular weight excluding hydrogens is 627 g/mol. The quantitative estimate of drug-likeness (QED) is 0.366. The van der Waals surface area contributed by atoms with Crippen LogP contribution in [0.3, 0.4) is 0 Å². The highest BCUT2D eigenvalue weighted by Gasteiger charge is 2.46. The number of halogens is 1. The summed E-state index contributed by atoms with van der Waals surface area (Å²) in [6.45, 7) is 10.3. The number of piperidine rings is 1. The van der Waals surface area contributed by atoms with E-state index in [0.717, 1.165) is 58.4 Å². The number of anilines is 1. The predicted octanol–water partition coefficient (Wildman–Crippen LogP) is 3.17. The average molecular weight is 675 g/mol. The SMILES string of the molecule is CCS(=O)(=O)N[C@@H]1CC[C@@H](CN2CCC3(CC2)CN(c2ncncc2Oc2ccc(F)cc2C(=O)N(C(C)C)[C@@H]2CC[C@H]2O)C3)OC1. The van der Waals surface area contributed by atoms with Crippen molar-refractivity contribution in [1.82, 2.24) is 24.5 Å². The van der Waals surface area contributed by atoms with Crippen LogP contribution in [0.15, 0.2) is 30.7 Å². The van der Waals surface area contributed by atoms with Crippen LogP contribution in [-0.4, -0.2) is 115 Å². The van der Waals surface area contributed by atoms with E-state index in [4.69, 9.17) is 9.47 Å². The number of nitrogens with one attached hydrogen (secondary N) is 1. The van der Waals surface area contributed by atoms with Crippen molar-refractivity contribution < 1.29 is 32.2 Å². The van der Waals surface area contributed by atoms with Crippen molar-refractivity contribution in [3.63, 3.8) is 0 Å². The summed E-state index contributed by atoms with van der Waals surface area (Å²) in [6.07, 6.45) is 7.62. The van der Waals surface area contributed by atoms with Crippen molar-refractivity contribution in [3.8, 4) is 11.5 Å². The maximum Gasteiger partial charge on any atom is 0.258 e. The van der Waals surface area contributed by atoms with Crippen LogP contribution in [0.5, 0.6) is 11.5 Å². The van der Waals surface area contributed by atoms with E-state index in [1.807, 2.05) is 13.8 Å². The molecule has 1 aromatic carbocycles. The van der Waals surface area contributed by atoms with Gasteiger partial charge in [0.05, 0.1) is 42.4 Å². The van der Waals surface area contributed by atoms with E-state index in [1.54, 1.807) is 18.0 Å². The second-order valence-corrected chi connectivity index (χ2v) is 15.9. The van der Waals surface area contributed by atoms with Crippen LogP contribution in [0.25, 0.3) is 0 Å². The van der Waals surface area contributed by atoms with Crippen molar-refractivity contribution in [1.29, 1.82) is 0 Å². The largest absolute Gasteiger partial charge is 0.451 e. The van der Waals surface area contributed by atoms with Crippen LogP contribution in [0, 0.1) is 11.2 Å². The van der Waals surface area contributed by atoms with Gasteiger partial charge in [-0.1, -0.05) is 0 Å². The van der Waals surface area contributed by atoms with Gasteiger partial charge < -0.3 is 29.3 Å². The van der Waals surface area contributed by atoms with Gasteiger partial charge in [-0.25, -0.2) is 27.5 Å². The monoisotopic (exact) mass is 674 g/mol. The lowest BCUT2D eigenvalue weighted by Crippen LogP contribution is -2.61. The predicted molar refractivity (Wildman–Crippen MR) is 175 cm³/mol. The molecule has 4 fully saturated rings. The summed E-state index contributed by atoms with van der Waals surface area (Å²) in [6, 6.07) is 3.28. The molecule has 4 heterocycles. The van der Waals surface area contributed by atoms with E-state index in [-0.39, 0.29) is 52.6 Å². The fraction of sp³-hybridized carbons (Fsp3) is 0.667. The zero-order chi connectivity index (χ0) is 33.3. The first kappa shape index (κ1) is 34.0. The molecule has 2 aromatic rings. The Morgan fingerprint density at radius 1 is 1.19 bits per heavy atom. The molecule has 4 aliphatic rings. The zero-order valence-electron chi connectivity index (χ0n) is 27.5. The van der Waals surface area contributed by atoms with Gasteiger partial charge >= 0.3 is 0 Å². The Balaban J connectivity index is 1.05. The minimum atomic E-state index is -3.23. The molecule has 4 atom stereocenters. The molecule has 6 rings (SSSR count). The highest BCUT2D eigenvalue weighted by molar-refractivity contribution is 7.89. The Hall–Kier alpha value is -2.91. The summed E-state index contributed by atoms with van der Waals surface area (Å²) in [7, 11) is -3.23. The third-order valence-electron chi connectivity index (χ3n) is 10.2. The van der Waals surface area contributed by atoms with Gasteiger partial charge in [-0.2, -0.15) is 0 Å². The van der Waals surface area contributed by atoms with Crippen LogP contribution in [-0.2, 0) is 14.8 Å². The molecule has 1 saturated carbocycles. The third-order valence-corrected chi connectivity index (χ3v) is 11.7. The Labute approximate surface area is 276 Å². The minimum absolute atomic E-state index is 0.0751. The van der Waals surface area contributed by atoms with E-state index in [9.17, 15) is 22.7 Å². The molecule has 1 aromatic heterocycles. The fourth-order valence-corrected chi connectivity index (χ4v) is 8.16. The smallest absolute Gasteiger partial charge is 0.258 e. The maximum absolute atomic E-state index is 14.5. The third kappa shape index (κ3) is 7.56. The number of ether oxygens (including phenoxy) is 2. The molecule has 0 bridgehead atoms.